The van der Waals surface area contributed by atoms with Crippen molar-refractivity contribution in [3.05, 3.63) is 53.1 Å². The topological polar surface area (TPSA) is 81.1 Å². The van der Waals surface area contributed by atoms with Gasteiger partial charge in [0.15, 0.2) is 18.0 Å². The third-order valence-electron chi connectivity index (χ3n) is 4.54. The molecule has 3 N–H and O–H groups in total. The number of rotatable bonds is 9. The van der Waals surface area contributed by atoms with Gasteiger partial charge >= 0.3 is 0 Å². The van der Waals surface area contributed by atoms with Crippen molar-refractivity contribution >= 4 is 17.5 Å². The molecule has 0 heterocycles. The third kappa shape index (κ3) is 6.22. The summed E-state index contributed by atoms with van der Waals surface area (Å²) in [6, 6.07) is 10.8. The fraction of sp³-hybridized carbons (Fsp3) is 0.364. The third-order valence-corrected chi connectivity index (χ3v) is 4.54. The van der Waals surface area contributed by atoms with E-state index in [1.165, 1.54) is 0 Å². The van der Waals surface area contributed by atoms with Crippen LogP contribution in [0.2, 0.25) is 0 Å². The number of methoxy groups -OCH3 is 2. The molecule has 0 saturated heterocycles. The van der Waals surface area contributed by atoms with Crippen molar-refractivity contribution in [1.29, 1.82) is 0 Å². The van der Waals surface area contributed by atoms with E-state index in [4.69, 9.17) is 9.47 Å². The molecule has 0 bridgehead atoms. The van der Waals surface area contributed by atoms with Gasteiger partial charge in [0.1, 0.15) is 6.54 Å². The van der Waals surface area contributed by atoms with Gasteiger partial charge in [0.25, 0.3) is 11.8 Å². The fourth-order valence-corrected chi connectivity index (χ4v) is 3.08. The lowest BCUT2D eigenvalue weighted by Gasteiger charge is -2.17. The van der Waals surface area contributed by atoms with Gasteiger partial charge in [-0.2, -0.15) is 0 Å². The number of carbonyl (C=O) groups is 2. The highest BCUT2D eigenvalue weighted by Gasteiger charge is 2.15. The molecule has 0 aliphatic carbocycles. The summed E-state index contributed by atoms with van der Waals surface area (Å²) in [5, 5.41) is 5.62. The van der Waals surface area contributed by atoms with Crippen molar-refractivity contribution in [3.8, 4) is 11.5 Å². The Kier molecular flexibility index (Phi) is 8.03. The van der Waals surface area contributed by atoms with Crippen LogP contribution in [0.3, 0.4) is 0 Å². The summed E-state index contributed by atoms with van der Waals surface area (Å²) in [6.07, 6.45) is 0. The number of hydrogen-bond donors (Lipinski definition) is 3. The largest absolute Gasteiger partial charge is 0.493 e. The van der Waals surface area contributed by atoms with E-state index in [2.05, 4.69) is 10.6 Å². The second kappa shape index (κ2) is 10.5. The maximum atomic E-state index is 12.5. The SMILES string of the molecule is CCNC(=O)c1cccc(NC(=O)C[NH+](C)Cc2cc(OC)c(OC)cc2C)c1. The Morgan fingerprint density at radius 2 is 1.76 bits per heavy atom. The monoisotopic (exact) mass is 400 g/mol. The van der Waals surface area contributed by atoms with Crippen LogP contribution in [0.15, 0.2) is 36.4 Å². The van der Waals surface area contributed by atoms with Crippen LogP contribution >= 0.6 is 0 Å². The Balaban J connectivity index is 1.99. The zero-order valence-electron chi connectivity index (χ0n) is 17.7. The zero-order valence-corrected chi connectivity index (χ0v) is 17.7. The Morgan fingerprint density at radius 1 is 1.07 bits per heavy atom. The molecule has 0 saturated carbocycles. The highest BCUT2D eigenvalue weighted by atomic mass is 16.5. The molecule has 2 amide bonds. The summed E-state index contributed by atoms with van der Waals surface area (Å²) in [5.74, 6) is 1.09. The van der Waals surface area contributed by atoms with E-state index in [9.17, 15) is 9.59 Å². The Labute approximate surface area is 172 Å². The average Bonchev–Trinajstić information content (AvgIpc) is 2.69. The van der Waals surface area contributed by atoms with Gasteiger partial charge in [-0.1, -0.05) is 6.07 Å². The predicted molar refractivity (Wildman–Crippen MR) is 113 cm³/mol. The van der Waals surface area contributed by atoms with Gasteiger partial charge < -0.3 is 25.0 Å². The van der Waals surface area contributed by atoms with E-state index >= 15 is 0 Å². The van der Waals surface area contributed by atoms with Crippen LogP contribution in [-0.2, 0) is 11.3 Å². The van der Waals surface area contributed by atoms with Gasteiger partial charge in [-0.3, -0.25) is 9.59 Å². The lowest BCUT2D eigenvalue weighted by atomic mass is 10.1. The van der Waals surface area contributed by atoms with Gasteiger partial charge in [0.05, 0.1) is 21.3 Å². The smallest absolute Gasteiger partial charge is 0.279 e. The normalized spacial score (nSPS) is 11.5. The molecule has 0 fully saturated rings. The standard InChI is InChI=1S/C22H29N3O4/c1-6-23-22(27)16-8-7-9-18(11-16)24-21(26)14-25(3)13-17-12-20(29-5)19(28-4)10-15(17)2/h7-12H,6,13-14H2,1-5H3,(H,23,27)(H,24,26)/p+1. The summed E-state index contributed by atoms with van der Waals surface area (Å²) < 4.78 is 10.7. The number of amides is 2. The van der Waals surface area contributed by atoms with Crippen LogP contribution in [0, 0.1) is 6.92 Å². The summed E-state index contributed by atoms with van der Waals surface area (Å²) >= 11 is 0. The number of anilines is 1. The molecular formula is C22H30N3O4+. The number of benzene rings is 2. The number of carbonyl (C=O) groups excluding carboxylic acids is 2. The molecule has 2 rings (SSSR count). The van der Waals surface area contributed by atoms with Crippen molar-refractivity contribution in [3.63, 3.8) is 0 Å². The van der Waals surface area contributed by atoms with Crippen LogP contribution in [0.1, 0.15) is 28.4 Å². The predicted octanol–water partition coefficient (Wildman–Crippen LogP) is 1.42. The van der Waals surface area contributed by atoms with Crippen LogP contribution in [0.25, 0.3) is 0 Å². The molecule has 7 heteroatoms. The van der Waals surface area contributed by atoms with Crippen LogP contribution in [-0.4, -0.2) is 46.2 Å². The maximum absolute atomic E-state index is 12.5. The Morgan fingerprint density at radius 3 is 2.41 bits per heavy atom. The van der Waals surface area contributed by atoms with E-state index in [0.29, 0.717) is 42.4 Å². The fourth-order valence-electron chi connectivity index (χ4n) is 3.08. The molecule has 2 aromatic rings. The number of hydrogen-bond acceptors (Lipinski definition) is 4. The van der Waals surface area contributed by atoms with Crippen molar-refractivity contribution < 1.29 is 24.0 Å². The molecule has 0 aliphatic rings. The van der Waals surface area contributed by atoms with E-state index < -0.39 is 0 Å². The summed E-state index contributed by atoms with van der Waals surface area (Å²) in [6.45, 7) is 5.39. The molecule has 156 valence electrons. The van der Waals surface area contributed by atoms with E-state index in [0.717, 1.165) is 16.0 Å². The van der Waals surface area contributed by atoms with Crippen molar-refractivity contribution in [1.82, 2.24) is 5.32 Å². The minimum Gasteiger partial charge on any atom is -0.493 e. The van der Waals surface area contributed by atoms with Gasteiger partial charge in [-0.05, 0) is 49.7 Å². The molecule has 0 spiro atoms. The molecule has 0 radical (unpaired) electrons. The first-order valence-electron chi connectivity index (χ1n) is 9.58. The first-order valence-corrected chi connectivity index (χ1v) is 9.58. The van der Waals surface area contributed by atoms with Gasteiger partial charge in [0.2, 0.25) is 0 Å². The van der Waals surface area contributed by atoms with Crippen molar-refractivity contribution in [2.24, 2.45) is 0 Å². The Hall–Kier alpha value is -3.06. The van der Waals surface area contributed by atoms with Crippen molar-refractivity contribution in [2.45, 2.75) is 20.4 Å². The maximum Gasteiger partial charge on any atom is 0.279 e. The number of likely N-dealkylation sites (N-methyl/N-ethyl adjacent to an activating group) is 1. The molecule has 29 heavy (non-hydrogen) atoms. The minimum atomic E-state index is -0.157. The summed E-state index contributed by atoms with van der Waals surface area (Å²) in [5.41, 5.74) is 3.29. The van der Waals surface area contributed by atoms with E-state index in [-0.39, 0.29) is 11.8 Å². The lowest BCUT2D eigenvalue weighted by Crippen LogP contribution is -3.08. The Bertz CT molecular complexity index is 867. The van der Waals surface area contributed by atoms with Gasteiger partial charge in [-0.15, -0.1) is 0 Å². The van der Waals surface area contributed by atoms with E-state index in [1.807, 2.05) is 33.0 Å². The highest BCUT2D eigenvalue weighted by Crippen LogP contribution is 2.29. The van der Waals surface area contributed by atoms with Crippen molar-refractivity contribution in [2.75, 3.05) is 39.7 Å². The van der Waals surface area contributed by atoms with Gasteiger partial charge in [0, 0.05) is 23.4 Å². The van der Waals surface area contributed by atoms with Crippen LogP contribution in [0.4, 0.5) is 5.69 Å². The lowest BCUT2D eigenvalue weighted by molar-refractivity contribution is -0.885. The number of aryl methyl sites for hydroxylation is 1. The molecular weight excluding hydrogens is 370 g/mol. The number of quaternary nitrogens is 1. The molecule has 1 atom stereocenters. The van der Waals surface area contributed by atoms with Crippen LogP contribution in [0.5, 0.6) is 11.5 Å². The summed E-state index contributed by atoms with van der Waals surface area (Å²) in [4.78, 5) is 25.4. The van der Waals surface area contributed by atoms with E-state index in [1.54, 1.807) is 38.5 Å². The quantitative estimate of drug-likeness (QED) is 0.595. The van der Waals surface area contributed by atoms with Crippen LogP contribution < -0.4 is 25.0 Å². The molecule has 0 aliphatic heterocycles. The number of nitrogens with one attached hydrogen (secondary N) is 3. The minimum absolute atomic E-state index is 0.117. The first-order chi connectivity index (χ1) is 13.9. The van der Waals surface area contributed by atoms with Gasteiger partial charge in [-0.25, -0.2) is 0 Å². The second-order valence-corrected chi connectivity index (χ2v) is 6.93. The first kappa shape index (κ1) is 22.2. The molecule has 7 nitrogen and oxygen atoms in total. The number of ether oxygens (including phenoxy) is 2. The molecule has 0 aromatic heterocycles. The second-order valence-electron chi connectivity index (χ2n) is 6.93. The summed E-state index contributed by atoms with van der Waals surface area (Å²) in [7, 11) is 5.18. The average molecular weight is 400 g/mol. The molecule has 2 aromatic carbocycles. The molecule has 1 unspecified atom stereocenters. The zero-order chi connectivity index (χ0) is 21.4. The highest BCUT2D eigenvalue weighted by molar-refractivity contribution is 5.97.